The summed E-state index contributed by atoms with van der Waals surface area (Å²) in [6.07, 6.45) is 3.18. The van der Waals surface area contributed by atoms with Gasteiger partial charge in [0.2, 0.25) is 0 Å². The zero-order valence-corrected chi connectivity index (χ0v) is 14.6. The minimum atomic E-state index is -0.480. The number of carbonyl (C=O) groups is 1. The molecule has 0 bridgehead atoms. The van der Waals surface area contributed by atoms with E-state index < -0.39 is 11.9 Å². The van der Waals surface area contributed by atoms with Crippen LogP contribution in [0.15, 0.2) is 36.4 Å². The second-order valence-electron chi connectivity index (χ2n) is 5.78. The van der Waals surface area contributed by atoms with Crippen LogP contribution in [0.1, 0.15) is 34.0 Å². The largest absolute Gasteiger partial charge is 0.507 e. The number of ether oxygens (including phenoxy) is 3. The van der Waals surface area contributed by atoms with Gasteiger partial charge in [0, 0.05) is 17.5 Å². The average molecular weight is 356 g/mol. The van der Waals surface area contributed by atoms with Crippen LogP contribution >= 0.6 is 0 Å². The zero-order chi connectivity index (χ0) is 18.7. The van der Waals surface area contributed by atoms with Crippen molar-refractivity contribution in [1.82, 2.24) is 0 Å². The molecule has 26 heavy (non-hydrogen) atoms. The number of phenolic OH excluding ortho intramolecular Hbond substituents is 1. The molecule has 6 heteroatoms. The van der Waals surface area contributed by atoms with Crippen molar-refractivity contribution >= 4 is 11.9 Å². The molecule has 136 valence electrons. The summed E-state index contributed by atoms with van der Waals surface area (Å²) < 4.78 is 16.6. The first-order valence-electron chi connectivity index (χ1n) is 8.15. The Bertz CT molecular complexity index is 856. The third-order valence-corrected chi connectivity index (χ3v) is 4.22. The normalized spacial score (nSPS) is 15.1. The van der Waals surface area contributed by atoms with Gasteiger partial charge >= 0.3 is 0 Å². The molecule has 1 aliphatic heterocycles. The van der Waals surface area contributed by atoms with Crippen LogP contribution in [0.5, 0.6) is 23.0 Å². The van der Waals surface area contributed by atoms with E-state index in [9.17, 15) is 9.90 Å². The van der Waals surface area contributed by atoms with Crippen molar-refractivity contribution in [2.75, 3.05) is 20.8 Å². The molecule has 0 saturated heterocycles. The molecule has 0 spiro atoms. The van der Waals surface area contributed by atoms with E-state index in [1.165, 1.54) is 13.2 Å². The molecule has 0 fully saturated rings. The molecule has 0 amide bonds. The van der Waals surface area contributed by atoms with E-state index in [2.05, 4.69) is 0 Å². The third-order valence-electron chi connectivity index (χ3n) is 4.22. The molecule has 1 unspecified atom stereocenters. The first-order valence-corrected chi connectivity index (χ1v) is 8.15. The summed E-state index contributed by atoms with van der Waals surface area (Å²) in [5.74, 6) is 1.07. The molecule has 0 aliphatic carbocycles. The average Bonchev–Trinajstić information content (AvgIpc) is 2.66. The molecule has 2 aromatic rings. The summed E-state index contributed by atoms with van der Waals surface area (Å²) in [7, 11) is 3.03. The number of benzene rings is 2. The van der Waals surface area contributed by atoms with E-state index in [-0.39, 0.29) is 30.1 Å². The SMILES string of the molecule is COc1ccc2c(c1)C=CC(c1ccc(O)c(C(=O)CCO)c1OC)O2. The van der Waals surface area contributed by atoms with Crippen molar-refractivity contribution < 1.29 is 29.2 Å². The van der Waals surface area contributed by atoms with Crippen molar-refractivity contribution in [1.29, 1.82) is 0 Å². The van der Waals surface area contributed by atoms with Crippen molar-refractivity contribution in [3.63, 3.8) is 0 Å². The molecule has 6 nitrogen and oxygen atoms in total. The van der Waals surface area contributed by atoms with E-state index in [4.69, 9.17) is 19.3 Å². The van der Waals surface area contributed by atoms with Gasteiger partial charge in [0.1, 0.15) is 34.7 Å². The highest BCUT2D eigenvalue weighted by molar-refractivity contribution is 6.01. The molecule has 3 rings (SSSR count). The van der Waals surface area contributed by atoms with Crippen LogP contribution in [0.3, 0.4) is 0 Å². The van der Waals surface area contributed by atoms with Gasteiger partial charge in [0.15, 0.2) is 5.78 Å². The summed E-state index contributed by atoms with van der Waals surface area (Å²) in [4.78, 5) is 12.3. The van der Waals surface area contributed by atoms with E-state index in [1.54, 1.807) is 19.2 Å². The number of ketones is 1. The number of aliphatic hydroxyl groups is 1. The summed E-state index contributed by atoms with van der Waals surface area (Å²) in [5, 5.41) is 19.1. The van der Waals surface area contributed by atoms with Crippen LogP contribution in [0, 0.1) is 0 Å². The van der Waals surface area contributed by atoms with Crippen molar-refractivity contribution in [2.24, 2.45) is 0 Å². The maximum atomic E-state index is 12.3. The summed E-state index contributed by atoms with van der Waals surface area (Å²) in [6.45, 7) is -0.305. The Morgan fingerprint density at radius 3 is 2.69 bits per heavy atom. The third kappa shape index (κ3) is 3.23. The number of carbonyl (C=O) groups excluding carboxylic acids is 1. The van der Waals surface area contributed by atoms with E-state index in [1.807, 2.05) is 24.3 Å². The highest BCUT2D eigenvalue weighted by Gasteiger charge is 2.26. The quantitative estimate of drug-likeness (QED) is 0.774. The lowest BCUT2D eigenvalue weighted by atomic mass is 9.97. The van der Waals surface area contributed by atoms with Gasteiger partial charge in [-0.25, -0.2) is 0 Å². The summed E-state index contributed by atoms with van der Waals surface area (Å²) in [6, 6.07) is 8.58. The molecule has 1 aliphatic rings. The fraction of sp³-hybridized carbons (Fsp3) is 0.250. The number of aliphatic hydroxyl groups excluding tert-OH is 1. The fourth-order valence-electron chi connectivity index (χ4n) is 2.95. The smallest absolute Gasteiger partial charge is 0.172 e. The first-order chi connectivity index (χ1) is 12.6. The lowest BCUT2D eigenvalue weighted by Gasteiger charge is -2.24. The highest BCUT2D eigenvalue weighted by Crippen LogP contribution is 2.41. The van der Waals surface area contributed by atoms with Crippen LogP contribution in [0.25, 0.3) is 6.08 Å². The Kier molecular flexibility index (Phi) is 5.14. The summed E-state index contributed by atoms with van der Waals surface area (Å²) >= 11 is 0. The second kappa shape index (κ2) is 7.49. The van der Waals surface area contributed by atoms with Gasteiger partial charge in [-0.3, -0.25) is 4.79 Å². The molecule has 0 saturated carbocycles. The zero-order valence-electron chi connectivity index (χ0n) is 14.6. The molecular formula is C20H20O6. The Balaban J connectivity index is 2.00. The fourth-order valence-corrected chi connectivity index (χ4v) is 2.95. The number of methoxy groups -OCH3 is 2. The van der Waals surface area contributed by atoms with E-state index >= 15 is 0 Å². The minimum absolute atomic E-state index is 0.0524. The van der Waals surface area contributed by atoms with Gasteiger partial charge in [-0.05, 0) is 36.4 Å². The molecule has 1 atom stereocenters. The van der Waals surface area contributed by atoms with Crippen molar-refractivity contribution in [2.45, 2.75) is 12.5 Å². The van der Waals surface area contributed by atoms with Gasteiger partial charge in [-0.2, -0.15) is 0 Å². The second-order valence-corrected chi connectivity index (χ2v) is 5.78. The highest BCUT2D eigenvalue weighted by atomic mass is 16.5. The predicted molar refractivity (Wildman–Crippen MR) is 96.1 cm³/mol. The van der Waals surface area contributed by atoms with Gasteiger partial charge in [-0.15, -0.1) is 0 Å². The van der Waals surface area contributed by atoms with Crippen LogP contribution in [0.4, 0.5) is 0 Å². The van der Waals surface area contributed by atoms with Gasteiger partial charge in [-0.1, -0.05) is 6.08 Å². The minimum Gasteiger partial charge on any atom is -0.507 e. The number of hydrogen-bond acceptors (Lipinski definition) is 6. The number of fused-ring (bicyclic) bond motifs is 1. The molecule has 2 aromatic carbocycles. The van der Waals surface area contributed by atoms with Crippen molar-refractivity contribution in [3.8, 4) is 23.0 Å². The number of rotatable bonds is 6. The topological polar surface area (TPSA) is 85.2 Å². The molecular weight excluding hydrogens is 336 g/mol. The number of hydrogen-bond donors (Lipinski definition) is 2. The molecule has 2 N–H and O–H groups in total. The summed E-state index contributed by atoms with van der Waals surface area (Å²) in [5.41, 5.74) is 1.55. The van der Waals surface area contributed by atoms with Crippen molar-refractivity contribution in [3.05, 3.63) is 53.1 Å². The van der Waals surface area contributed by atoms with Gasteiger partial charge in [0.25, 0.3) is 0 Å². The maximum Gasteiger partial charge on any atom is 0.172 e. The maximum absolute atomic E-state index is 12.3. The number of phenols is 1. The Labute approximate surface area is 151 Å². The lowest BCUT2D eigenvalue weighted by molar-refractivity contribution is 0.0950. The molecule has 1 heterocycles. The van der Waals surface area contributed by atoms with Gasteiger partial charge < -0.3 is 24.4 Å². The monoisotopic (exact) mass is 356 g/mol. The van der Waals surface area contributed by atoms with E-state index in [0.29, 0.717) is 11.3 Å². The Morgan fingerprint density at radius 2 is 2.00 bits per heavy atom. The van der Waals surface area contributed by atoms with E-state index in [0.717, 1.165) is 11.3 Å². The molecule has 0 aromatic heterocycles. The number of aromatic hydroxyl groups is 1. The predicted octanol–water partition coefficient (Wildman–Crippen LogP) is 3.12. The van der Waals surface area contributed by atoms with Crippen LogP contribution in [-0.2, 0) is 0 Å². The molecule has 0 radical (unpaired) electrons. The first kappa shape index (κ1) is 17.8. The van der Waals surface area contributed by atoms with Gasteiger partial charge in [0.05, 0.1) is 20.8 Å². The van der Waals surface area contributed by atoms with Crippen LogP contribution in [-0.4, -0.2) is 36.8 Å². The number of Topliss-reactive ketones (excluding diaryl/α,β-unsaturated/α-hetero) is 1. The van der Waals surface area contributed by atoms with Crippen LogP contribution in [0.2, 0.25) is 0 Å². The van der Waals surface area contributed by atoms with Crippen LogP contribution < -0.4 is 14.2 Å². The lowest BCUT2D eigenvalue weighted by Crippen LogP contribution is -2.13. The Morgan fingerprint density at radius 1 is 1.19 bits per heavy atom. The Hall–Kier alpha value is -2.99. The standard InChI is InChI=1S/C20H20O6/c1-24-13-4-8-17-12(11-13)3-7-18(26-17)14-5-6-15(22)19(20(14)25-2)16(23)9-10-21/h3-8,11,18,21-22H,9-10H2,1-2H3.